The first kappa shape index (κ1) is 15.5. The number of rotatable bonds is 5. The molecule has 2 heteroatoms. The molecule has 2 nitrogen and oxygen atoms in total. The monoisotopic (exact) mass is 251 g/mol. The maximum absolute atomic E-state index is 12.0. The third-order valence-electron chi connectivity index (χ3n) is 5.07. The van der Waals surface area contributed by atoms with Gasteiger partial charge in [-0.2, -0.15) is 0 Å². The average molecular weight is 251 g/mol. The molecule has 1 N–H and O–H groups in total. The highest BCUT2D eigenvalue weighted by molar-refractivity contribution is 5.21. The fraction of sp³-hybridized carbons (Fsp3) is 0.875. The second-order valence-electron chi connectivity index (χ2n) is 6.01. The van der Waals surface area contributed by atoms with Gasteiger partial charge in [0.25, 0.3) is 0 Å². The number of aliphatic hydroxyl groups excluding tert-OH is 1. The van der Waals surface area contributed by atoms with Gasteiger partial charge in [-0.15, -0.1) is 12.5 Å². The number of aliphatic hydroxyl groups is 1. The Morgan fingerprint density at radius 3 is 2.61 bits per heavy atom. The Kier molecular flexibility index (Phi) is 5.25. The van der Waals surface area contributed by atoms with Crippen molar-refractivity contribution in [2.24, 2.45) is 16.7 Å². The van der Waals surface area contributed by atoms with E-state index in [0.717, 1.165) is 32.1 Å². The van der Waals surface area contributed by atoms with Crippen LogP contribution >= 0.6 is 0 Å². The molecule has 0 saturated heterocycles. The third-order valence-corrected chi connectivity index (χ3v) is 5.07. The number of hydrogen-bond donors (Lipinski definition) is 1. The fourth-order valence-corrected chi connectivity index (χ4v) is 3.74. The standard InChI is InChI=1S/C16H27O2/c1-5-8-13(3)16(12-17,10-6-2)15(4)11-7-9-14(15)18/h13-14,18H,5,7-9,11-12H2,1-4H3/q-1/t13?,14-,15?,16-/m0/s1. The SMILES string of the molecule is CC#C[C@](C[O-])(C(C)CCC)C1(C)CCC[C@@H]1O. The predicted octanol–water partition coefficient (Wildman–Crippen LogP) is 2.34. The molecule has 1 fully saturated rings. The molecule has 0 heterocycles. The first-order valence-corrected chi connectivity index (χ1v) is 7.18. The highest BCUT2D eigenvalue weighted by Gasteiger charge is 2.53. The summed E-state index contributed by atoms with van der Waals surface area (Å²) in [6.45, 7) is 7.93. The van der Waals surface area contributed by atoms with E-state index in [1.54, 1.807) is 6.92 Å². The smallest absolute Gasteiger partial charge is 0.0607 e. The van der Waals surface area contributed by atoms with E-state index >= 15 is 0 Å². The Hall–Kier alpha value is -0.520. The summed E-state index contributed by atoms with van der Waals surface area (Å²) in [4.78, 5) is 0. The van der Waals surface area contributed by atoms with E-state index in [1.807, 2.05) is 0 Å². The Morgan fingerprint density at radius 1 is 1.56 bits per heavy atom. The zero-order chi connectivity index (χ0) is 13.8. The van der Waals surface area contributed by atoms with Gasteiger partial charge >= 0.3 is 0 Å². The predicted molar refractivity (Wildman–Crippen MR) is 72.8 cm³/mol. The van der Waals surface area contributed by atoms with Crippen molar-refractivity contribution in [1.29, 1.82) is 0 Å². The van der Waals surface area contributed by atoms with Crippen LogP contribution in [0.4, 0.5) is 0 Å². The van der Waals surface area contributed by atoms with Gasteiger partial charge in [0.15, 0.2) is 0 Å². The maximum Gasteiger partial charge on any atom is 0.0607 e. The average Bonchev–Trinajstić information content (AvgIpc) is 2.68. The topological polar surface area (TPSA) is 43.3 Å². The van der Waals surface area contributed by atoms with Gasteiger partial charge in [-0.3, -0.25) is 0 Å². The van der Waals surface area contributed by atoms with Crippen molar-refractivity contribution in [2.75, 3.05) is 6.61 Å². The highest BCUT2D eigenvalue weighted by Crippen LogP contribution is 2.55. The van der Waals surface area contributed by atoms with E-state index in [-0.39, 0.29) is 24.0 Å². The van der Waals surface area contributed by atoms with Crippen LogP contribution in [0, 0.1) is 28.6 Å². The molecule has 1 saturated carbocycles. The molecule has 0 bridgehead atoms. The molecule has 0 amide bonds. The molecule has 0 aliphatic heterocycles. The Balaban J connectivity index is 3.20. The summed E-state index contributed by atoms with van der Waals surface area (Å²) in [5.41, 5.74) is -0.917. The summed E-state index contributed by atoms with van der Waals surface area (Å²) in [6, 6.07) is 0. The third kappa shape index (κ3) is 2.31. The van der Waals surface area contributed by atoms with E-state index in [9.17, 15) is 10.2 Å². The lowest BCUT2D eigenvalue weighted by Gasteiger charge is -2.51. The second kappa shape index (κ2) is 6.08. The van der Waals surface area contributed by atoms with Crippen LogP contribution in [0.25, 0.3) is 0 Å². The van der Waals surface area contributed by atoms with Crippen LogP contribution in [0.2, 0.25) is 0 Å². The van der Waals surface area contributed by atoms with Gasteiger partial charge in [-0.1, -0.05) is 39.5 Å². The van der Waals surface area contributed by atoms with Crippen molar-refractivity contribution in [2.45, 2.75) is 65.9 Å². The molecule has 0 aromatic heterocycles. The molecule has 1 rings (SSSR count). The highest BCUT2D eigenvalue weighted by atomic mass is 16.3. The Bertz CT molecular complexity index is 328. The molecular formula is C16H27O2-. The molecule has 4 atom stereocenters. The minimum Gasteiger partial charge on any atom is -0.853 e. The van der Waals surface area contributed by atoms with E-state index in [0.29, 0.717) is 0 Å². The van der Waals surface area contributed by atoms with Gasteiger partial charge in [-0.05, 0) is 32.1 Å². The van der Waals surface area contributed by atoms with Crippen LogP contribution in [-0.2, 0) is 0 Å². The van der Waals surface area contributed by atoms with Crippen LogP contribution in [0.15, 0.2) is 0 Å². The van der Waals surface area contributed by atoms with Gasteiger partial charge in [-0.25, -0.2) is 0 Å². The summed E-state index contributed by atoms with van der Waals surface area (Å²) in [5, 5.41) is 22.3. The summed E-state index contributed by atoms with van der Waals surface area (Å²) >= 11 is 0. The van der Waals surface area contributed by atoms with E-state index < -0.39 is 5.41 Å². The van der Waals surface area contributed by atoms with Crippen molar-refractivity contribution in [3.05, 3.63) is 0 Å². The lowest BCUT2D eigenvalue weighted by Crippen LogP contribution is -2.53. The Morgan fingerprint density at radius 2 is 2.22 bits per heavy atom. The molecule has 0 aromatic rings. The lowest BCUT2D eigenvalue weighted by atomic mass is 9.56. The van der Waals surface area contributed by atoms with E-state index in [2.05, 4.69) is 32.6 Å². The molecule has 1 aliphatic rings. The molecule has 0 spiro atoms. The molecule has 104 valence electrons. The normalized spacial score (nSPS) is 32.4. The fourth-order valence-electron chi connectivity index (χ4n) is 3.74. The van der Waals surface area contributed by atoms with Crippen LogP contribution in [-0.4, -0.2) is 17.8 Å². The maximum atomic E-state index is 12.0. The van der Waals surface area contributed by atoms with E-state index in [1.165, 1.54) is 0 Å². The van der Waals surface area contributed by atoms with Crippen molar-refractivity contribution in [3.8, 4) is 11.8 Å². The first-order chi connectivity index (χ1) is 8.48. The summed E-state index contributed by atoms with van der Waals surface area (Å²) in [5.74, 6) is 6.42. The molecule has 0 aromatic carbocycles. The van der Waals surface area contributed by atoms with Gasteiger partial charge in [0.2, 0.25) is 0 Å². The van der Waals surface area contributed by atoms with Crippen LogP contribution in [0.1, 0.15) is 59.8 Å². The van der Waals surface area contributed by atoms with Crippen molar-refractivity contribution >= 4 is 0 Å². The quantitative estimate of drug-likeness (QED) is 0.762. The molecule has 2 unspecified atom stereocenters. The van der Waals surface area contributed by atoms with Crippen LogP contribution in [0.3, 0.4) is 0 Å². The Labute approximate surface area is 112 Å². The minimum atomic E-state index is -0.576. The second-order valence-corrected chi connectivity index (χ2v) is 6.01. The van der Waals surface area contributed by atoms with Crippen molar-refractivity contribution < 1.29 is 10.2 Å². The summed E-state index contributed by atoms with van der Waals surface area (Å²) in [6.07, 6.45) is 4.40. The summed E-state index contributed by atoms with van der Waals surface area (Å²) < 4.78 is 0. The van der Waals surface area contributed by atoms with Gasteiger partial charge in [0.1, 0.15) is 0 Å². The lowest BCUT2D eigenvalue weighted by molar-refractivity contribution is -0.401. The largest absolute Gasteiger partial charge is 0.853 e. The van der Waals surface area contributed by atoms with Crippen LogP contribution < -0.4 is 5.11 Å². The molecule has 18 heavy (non-hydrogen) atoms. The van der Waals surface area contributed by atoms with Crippen molar-refractivity contribution in [3.63, 3.8) is 0 Å². The molecule has 1 aliphatic carbocycles. The van der Waals surface area contributed by atoms with Gasteiger partial charge < -0.3 is 10.2 Å². The molecular weight excluding hydrogens is 224 g/mol. The van der Waals surface area contributed by atoms with E-state index in [4.69, 9.17) is 0 Å². The first-order valence-electron chi connectivity index (χ1n) is 7.18. The van der Waals surface area contributed by atoms with Gasteiger partial charge in [0, 0.05) is 10.8 Å². The zero-order valence-corrected chi connectivity index (χ0v) is 12.3. The van der Waals surface area contributed by atoms with Gasteiger partial charge in [0.05, 0.1) is 6.10 Å². The summed E-state index contributed by atoms with van der Waals surface area (Å²) in [7, 11) is 0. The molecule has 0 radical (unpaired) electrons. The minimum absolute atomic E-state index is 0.206. The zero-order valence-electron chi connectivity index (χ0n) is 12.3. The van der Waals surface area contributed by atoms with Crippen LogP contribution in [0.5, 0.6) is 0 Å². The number of hydrogen-bond acceptors (Lipinski definition) is 2. The van der Waals surface area contributed by atoms with Crippen molar-refractivity contribution in [1.82, 2.24) is 0 Å².